The van der Waals surface area contributed by atoms with Crippen LogP contribution in [-0.4, -0.2) is 17.7 Å². The normalized spacial score (nSPS) is 48.4. The van der Waals surface area contributed by atoms with Gasteiger partial charge in [0.1, 0.15) is 5.78 Å². The van der Waals surface area contributed by atoms with E-state index >= 15 is 0 Å². The van der Waals surface area contributed by atoms with Crippen molar-refractivity contribution in [3.8, 4) is 0 Å². The third kappa shape index (κ3) is 2.67. The first-order valence-corrected chi connectivity index (χ1v) is 12.0. The highest BCUT2D eigenvalue weighted by molar-refractivity contribution is 5.89. The van der Waals surface area contributed by atoms with Gasteiger partial charge in [-0.1, -0.05) is 39.2 Å². The number of hydrogen-bond acceptors (Lipinski definition) is 2. The Bertz CT molecular complexity index is 693. The first kappa shape index (κ1) is 18.9. The van der Waals surface area contributed by atoms with Crippen molar-refractivity contribution in [1.82, 2.24) is 5.32 Å². The molecule has 4 fully saturated rings. The number of amides is 1. The van der Waals surface area contributed by atoms with Crippen molar-refractivity contribution < 1.29 is 9.59 Å². The van der Waals surface area contributed by atoms with Gasteiger partial charge in [-0.05, 0) is 80.6 Å². The molecule has 7 atom stereocenters. The van der Waals surface area contributed by atoms with Gasteiger partial charge < -0.3 is 5.32 Å². The summed E-state index contributed by atoms with van der Waals surface area (Å²) in [6.07, 6.45) is 17.3. The van der Waals surface area contributed by atoms with Crippen LogP contribution in [0.3, 0.4) is 0 Å². The molecular formula is C25H37NO2. The summed E-state index contributed by atoms with van der Waals surface area (Å²) in [5, 5.41) is 3.25. The second kappa shape index (κ2) is 6.71. The predicted octanol–water partition coefficient (Wildman–Crippen LogP) is 5.05. The van der Waals surface area contributed by atoms with Gasteiger partial charge >= 0.3 is 0 Å². The van der Waals surface area contributed by atoms with Gasteiger partial charge in [0.2, 0.25) is 5.91 Å². The maximum atomic E-state index is 13.5. The molecule has 0 saturated heterocycles. The molecule has 5 aliphatic rings. The highest BCUT2D eigenvalue weighted by Crippen LogP contribution is 2.65. The number of nitrogens with one attached hydrogen (secondary N) is 1. The van der Waals surface area contributed by atoms with E-state index in [1.54, 1.807) is 6.08 Å². The van der Waals surface area contributed by atoms with Crippen molar-refractivity contribution in [3.05, 3.63) is 12.2 Å². The molecule has 2 unspecified atom stereocenters. The largest absolute Gasteiger partial charge is 0.349 e. The summed E-state index contributed by atoms with van der Waals surface area (Å²) in [6, 6.07) is 0.302. The van der Waals surface area contributed by atoms with Gasteiger partial charge in [-0.25, -0.2) is 0 Å². The molecule has 5 rings (SSSR count). The van der Waals surface area contributed by atoms with Crippen LogP contribution in [0.2, 0.25) is 0 Å². The first-order chi connectivity index (χ1) is 13.4. The Kier molecular flexibility index (Phi) is 4.52. The van der Waals surface area contributed by atoms with E-state index in [0.29, 0.717) is 35.5 Å². The van der Waals surface area contributed by atoms with Gasteiger partial charge in [0.25, 0.3) is 0 Å². The molecule has 28 heavy (non-hydrogen) atoms. The fourth-order valence-electron chi connectivity index (χ4n) is 8.47. The van der Waals surface area contributed by atoms with Crippen LogP contribution in [0.1, 0.15) is 84.5 Å². The quantitative estimate of drug-likeness (QED) is 0.725. The Morgan fingerprint density at radius 1 is 0.964 bits per heavy atom. The standard InChI is InChI=1S/C25H37NO2/c1-24-14-12-19-17(8-11-21-25(19,2)15-13-22(27)26-21)18(24)9-10-20(24)23(28)16-6-4-3-5-7-16/h13,15-21H,3-12,14H2,1-2H3,(H,26,27)/t17-,18-,19+,20?,21?,24-,25+/m0/s1. The first-order valence-electron chi connectivity index (χ1n) is 12.0. The number of carbonyl (C=O) groups is 2. The molecule has 0 spiro atoms. The van der Waals surface area contributed by atoms with Crippen molar-refractivity contribution >= 4 is 11.7 Å². The fourth-order valence-corrected chi connectivity index (χ4v) is 8.47. The molecular weight excluding hydrogens is 346 g/mol. The number of ketones is 1. The second-order valence-electron chi connectivity index (χ2n) is 11.1. The zero-order chi connectivity index (χ0) is 19.5. The monoisotopic (exact) mass is 383 g/mol. The molecule has 0 aromatic heterocycles. The molecule has 3 heteroatoms. The summed E-state index contributed by atoms with van der Waals surface area (Å²) in [5.74, 6) is 3.47. The number of carbonyl (C=O) groups excluding carboxylic acids is 2. The predicted molar refractivity (Wildman–Crippen MR) is 111 cm³/mol. The molecule has 0 aromatic rings. The minimum atomic E-state index is 0.0839. The Hall–Kier alpha value is -1.12. The lowest BCUT2D eigenvalue weighted by Crippen LogP contribution is -2.59. The average molecular weight is 384 g/mol. The zero-order valence-electron chi connectivity index (χ0n) is 17.7. The molecule has 1 amide bonds. The van der Waals surface area contributed by atoms with Crippen molar-refractivity contribution in [3.63, 3.8) is 0 Å². The molecule has 0 bridgehead atoms. The number of rotatable bonds is 2. The van der Waals surface area contributed by atoms with E-state index in [0.717, 1.165) is 31.6 Å². The van der Waals surface area contributed by atoms with Crippen LogP contribution in [0.25, 0.3) is 0 Å². The van der Waals surface area contributed by atoms with Gasteiger partial charge in [-0.2, -0.15) is 0 Å². The Morgan fingerprint density at radius 2 is 1.75 bits per heavy atom. The molecule has 1 heterocycles. The van der Waals surface area contributed by atoms with Crippen molar-refractivity contribution in [2.45, 2.75) is 90.5 Å². The van der Waals surface area contributed by atoms with E-state index in [1.165, 1.54) is 44.9 Å². The molecule has 1 N–H and O–H groups in total. The lowest BCUT2D eigenvalue weighted by Gasteiger charge is -2.58. The van der Waals surface area contributed by atoms with E-state index in [9.17, 15) is 9.59 Å². The summed E-state index contributed by atoms with van der Waals surface area (Å²) in [7, 11) is 0. The van der Waals surface area contributed by atoms with Gasteiger partial charge in [0.15, 0.2) is 0 Å². The van der Waals surface area contributed by atoms with Crippen LogP contribution in [0.15, 0.2) is 12.2 Å². The van der Waals surface area contributed by atoms with Crippen LogP contribution in [-0.2, 0) is 9.59 Å². The number of fused-ring (bicyclic) bond motifs is 5. The van der Waals surface area contributed by atoms with Crippen molar-refractivity contribution in [2.75, 3.05) is 0 Å². The highest BCUT2D eigenvalue weighted by Gasteiger charge is 2.61. The number of hydrogen-bond donors (Lipinski definition) is 1. The summed E-state index contributed by atoms with van der Waals surface area (Å²) in [6.45, 7) is 4.85. The van der Waals surface area contributed by atoms with E-state index < -0.39 is 0 Å². The Labute approximate surface area is 170 Å². The maximum absolute atomic E-state index is 13.5. The highest BCUT2D eigenvalue weighted by atomic mass is 16.1. The molecule has 154 valence electrons. The average Bonchev–Trinajstić information content (AvgIpc) is 3.06. The zero-order valence-corrected chi connectivity index (χ0v) is 17.7. The molecule has 4 saturated carbocycles. The van der Waals surface area contributed by atoms with Gasteiger partial charge in [0, 0.05) is 23.3 Å². The van der Waals surface area contributed by atoms with Crippen LogP contribution in [0, 0.1) is 40.4 Å². The molecule has 0 radical (unpaired) electrons. The van der Waals surface area contributed by atoms with E-state index in [2.05, 4.69) is 25.2 Å². The third-order valence-corrected chi connectivity index (χ3v) is 10.0. The molecule has 3 nitrogen and oxygen atoms in total. The third-order valence-electron chi connectivity index (χ3n) is 10.0. The summed E-state index contributed by atoms with van der Waals surface area (Å²) < 4.78 is 0. The van der Waals surface area contributed by atoms with Crippen molar-refractivity contribution in [2.24, 2.45) is 40.4 Å². The lowest BCUT2D eigenvalue weighted by atomic mass is 9.47. The Balaban J connectivity index is 1.39. The molecule has 4 aliphatic carbocycles. The van der Waals surface area contributed by atoms with Gasteiger partial charge in [0.05, 0.1) is 0 Å². The van der Waals surface area contributed by atoms with E-state index in [4.69, 9.17) is 0 Å². The van der Waals surface area contributed by atoms with Crippen LogP contribution < -0.4 is 5.32 Å². The maximum Gasteiger partial charge on any atom is 0.243 e. The molecule has 1 aliphatic heterocycles. The van der Waals surface area contributed by atoms with E-state index in [-0.39, 0.29) is 16.7 Å². The lowest BCUT2D eigenvalue weighted by molar-refractivity contribution is -0.136. The van der Waals surface area contributed by atoms with Crippen LogP contribution >= 0.6 is 0 Å². The van der Waals surface area contributed by atoms with E-state index in [1.807, 2.05) is 0 Å². The summed E-state index contributed by atoms with van der Waals surface area (Å²) in [4.78, 5) is 25.4. The smallest absolute Gasteiger partial charge is 0.243 e. The minimum Gasteiger partial charge on any atom is -0.349 e. The SMILES string of the molecule is C[C@]12C=CC(=O)NC1CC[C@@H]1[C@H]2CC[C@]2(C)C(C(=O)C3CCCCC3)CC[C@@H]12. The minimum absolute atomic E-state index is 0.0839. The topological polar surface area (TPSA) is 46.2 Å². The van der Waals surface area contributed by atoms with Crippen LogP contribution in [0.4, 0.5) is 0 Å². The summed E-state index contributed by atoms with van der Waals surface area (Å²) >= 11 is 0. The Morgan fingerprint density at radius 3 is 2.54 bits per heavy atom. The van der Waals surface area contributed by atoms with Crippen molar-refractivity contribution in [1.29, 1.82) is 0 Å². The van der Waals surface area contributed by atoms with Gasteiger partial charge in [-0.15, -0.1) is 0 Å². The fraction of sp³-hybridized carbons (Fsp3) is 0.840. The molecule has 0 aromatic carbocycles. The number of Topliss-reactive ketones (excluding diaryl/α,β-unsaturated/α-hetero) is 1. The van der Waals surface area contributed by atoms with Crippen LogP contribution in [0.5, 0.6) is 0 Å². The summed E-state index contributed by atoms with van der Waals surface area (Å²) in [5.41, 5.74) is 0.324. The second-order valence-corrected chi connectivity index (χ2v) is 11.1. The van der Waals surface area contributed by atoms with Gasteiger partial charge in [-0.3, -0.25) is 9.59 Å².